The van der Waals surface area contributed by atoms with Gasteiger partial charge in [0.2, 0.25) is 0 Å². The zero-order chi connectivity index (χ0) is 22.7. The zero-order valence-corrected chi connectivity index (χ0v) is 19.5. The van der Waals surface area contributed by atoms with Gasteiger partial charge in [-0.1, -0.05) is 38.1 Å². The molecule has 0 fully saturated rings. The molecular weight excluding hydrogens is 396 g/mol. The van der Waals surface area contributed by atoms with Crippen molar-refractivity contribution in [2.75, 3.05) is 0 Å². The number of aromatic nitrogens is 2. The molecule has 4 aromatic rings. The summed E-state index contributed by atoms with van der Waals surface area (Å²) < 4.78 is 11.8. The van der Waals surface area contributed by atoms with Crippen LogP contribution in [-0.4, -0.2) is 9.97 Å². The molecule has 2 aromatic heterocycles. The van der Waals surface area contributed by atoms with Gasteiger partial charge in [0.25, 0.3) is 0 Å². The highest BCUT2D eigenvalue weighted by Crippen LogP contribution is 2.33. The van der Waals surface area contributed by atoms with E-state index in [9.17, 15) is 0 Å². The van der Waals surface area contributed by atoms with E-state index < -0.39 is 0 Å². The SMILES string of the molecule is CCc1cccc(CC)c1-c1cc(C)c(COc2cc(C)ccc2-c2cnco2)c(C)n1. The van der Waals surface area contributed by atoms with Crippen molar-refractivity contribution in [3.8, 4) is 28.3 Å². The Kier molecular flexibility index (Phi) is 6.40. The summed E-state index contributed by atoms with van der Waals surface area (Å²) in [5.41, 5.74) is 10.4. The summed E-state index contributed by atoms with van der Waals surface area (Å²) in [6, 6.07) is 14.9. The molecule has 0 radical (unpaired) electrons. The summed E-state index contributed by atoms with van der Waals surface area (Å²) in [6.07, 6.45) is 5.13. The topological polar surface area (TPSA) is 48.2 Å². The Hall–Kier alpha value is -3.40. The van der Waals surface area contributed by atoms with E-state index in [1.54, 1.807) is 6.20 Å². The van der Waals surface area contributed by atoms with E-state index in [0.717, 1.165) is 46.7 Å². The van der Waals surface area contributed by atoms with Crippen LogP contribution in [0.25, 0.3) is 22.6 Å². The second kappa shape index (κ2) is 9.39. The van der Waals surface area contributed by atoms with Gasteiger partial charge in [-0.25, -0.2) is 4.98 Å². The Morgan fingerprint density at radius 3 is 2.31 bits per heavy atom. The second-order valence-electron chi connectivity index (χ2n) is 8.20. The van der Waals surface area contributed by atoms with Crippen molar-refractivity contribution in [3.05, 3.63) is 88.6 Å². The van der Waals surface area contributed by atoms with Crippen LogP contribution in [0.5, 0.6) is 5.75 Å². The monoisotopic (exact) mass is 426 g/mol. The lowest BCUT2D eigenvalue weighted by atomic mass is 9.93. The number of hydrogen-bond donors (Lipinski definition) is 0. The van der Waals surface area contributed by atoms with Crippen molar-refractivity contribution in [3.63, 3.8) is 0 Å². The number of rotatable bonds is 7. The van der Waals surface area contributed by atoms with Crippen molar-refractivity contribution in [1.29, 1.82) is 0 Å². The van der Waals surface area contributed by atoms with Crippen LogP contribution >= 0.6 is 0 Å². The molecule has 0 saturated heterocycles. The van der Waals surface area contributed by atoms with Gasteiger partial charge in [0.1, 0.15) is 12.4 Å². The van der Waals surface area contributed by atoms with Gasteiger partial charge >= 0.3 is 0 Å². The van der Waals surface area contributed by atoms with Gasteiger partial charge in [-0.05, 0) is 74.1 Å². The molecule has 4 rings (SSSR count). The lowest BCUT2D eigenvalue weighted by Crippen LogP contribution is -2.06. The molecule has 2 aromatic carbocycles. The number of benzene rings is 2. The van der Waals surface area contributed by atoms with Gasteiger partial charge in [0.15, 0.2) is 12.2 Å². The molecule has 0 saturated carbocycles. The smallest absolute Gasteiger partial charge is 0.181 e. The fourth-order valence-corrected chi connectivity index (χ4v) is 4.23. The third kappa shape index (κ3) is 4.31. The Morgan fingerprint density at radius 2 is 1.69 bits per heavy atom. The van der Waals surface area contributed by atoms with Crippen molar-refractivity contribution < 1.29 is 9.15 Å². The van der Waals surface area contributed by atoms with E-state index in [-0.39, 0.29) is 0 Å². The highest BCUT2D eigenvalue weighted by molar-refractivity contribution is 5.69. The Bertz CT molecular complexity index is 1180. The van der Waals surface area contributed by atoms with Gasteiger partial charge in [-0.2, -0.15) is 0 Å². The molecule has 4 nitrogen and oxygen atoms in total. The maximum atomic E-state index is 6.30. The van der Waals surface area contributed by atoms with Crippen LogP contribution in [0.15, 0.2) is 59.5 Å². The summed E-state index contributed by atoms with van der Waals surface area (Å²) in [7, 11) is 0. The first-order valence-corrected chi connectivity index (χ1v) is 11.2. The van der Waals surface area contributed by atoms with Crippen molar-refractivity contribution in [2.24, 2.45) is 0 Å². The van der Waals surface area contributed by atoms with E-state index in [2.05, 4.69) is 63.9 Å². The average molecular weight is 427 g/mol. The van der Waals surface area contributed by atoms with E-state index >= 15 is 0 Å². The number of aryl methyl sites for hydroxylation is 5. The molecule has 0 bridgehead atoms. The van der Waals surface area contributed by atoms with Crippen LogP contribution in [-0.2, 0) is 19.4 Å². The van der Waals surface area contributed by atoms with E-state index in [0.29, 0.717) is 12.4 Å². The molecule has 0 unspecified atom stereocenters. The predicted molar refractivity (Wildman–Crippen MR) is 129 cm³/mol. The first-order valence-electron chi connectivity index (χ1n) is 11.2. The van der Waals surface area contributed by atoms with Gasteiger partial charge < -0.3 is 9.15 Å². The van der Waals surface area contributed by atoms with Crippen LogP contribution in [0.4, 0.5) is 0 Å². The molecule has 164 valence electrons. The Labute approximate surface area is 190 Å². The van der Waals surface area contributed by atoms with Crippen LogP contribution < -0.4 is 4.74 Å². The zero-order valence-electron chi connectivity index (χ0n) is 19.5. The second-order valence-corrected chi connectivity index (χ2v) is 8.20. The molecule has 0 N–H and O–H groups in total. The molecule has 0 atom stereocenters. The molecule has 0 aliphatic heterocycles. The number of ether oxygens (including phenoxy) is 1. The molecule has 32 heavy (non-hydrogen) atoms. The Balaban J connectivity index is 1.67. The average Bonchev–Trinajstić information content (AvgIpc) is 3.32. The number of nitrogens with zero attached hydrogens (tertiary/aromatic N) is 2. The highest BCUT2D eigenvalue weighted by Gasteiger charge is 2.16. The number of pyridine rings is 1. The van der Waals surface area contributed by atoms with Crippen LogP contribution in [0.3, 0.4) is 0 Å². The van der Waals surface area contributed by atoms with E-state index in [4.69, 9.17) is 14.1 Å². The maximum Gasteiger partial charge on any atom is 0.181 e. The standard InChI is InChI=1S/C28H30N2O2/c1-6-21-9-8-10-22(7-2)28(21)25-14-19(4)24(20(5)30-25)16-31-26-13-18(3)11-12-23(26)27-15-29-17-32-27/h8-15,17H,6-7,16H2,1-5H3. The van der Waals surface area contributed by atoms with Gasteiger partial charge in [0.05, 0.1) is 17.5 Å². The minimum absolute atomic E-state index is 0.450. The number of hydrogen-bond acceptors (Lipinski definition) is 4. The first-order chi connectivity index (χ1) is 15.5. The fraction of sp³-hybridized carbons (Fsp3) is 0.286. The summed E-state index contributed by atoms with van der Waals surface area (Å²) in [5.74, 6) is 1.49. The van der Waals surface area contributed by atoms with Crippen LogP contribution in [0, 0.1) is 20.8 Å². The Morgan fingerprint density at radius 1 is 0.938 bits per heavy atom. The van der Waals surface area contributed by atoms with Gasteiger partial charge in [-0.3, -0.25) is 4.98 Å². The van der Waals surface area contributed by atoms with E-state index in [1.807, 2.05) is 18.2 Å². The number of oxazole rings is 1. The highest BCUT2D eigenvalue weighted by atomic mass is 16.5. The third-order valence-corrected chi connectivity index (χ3v) is 6.02. The molecule has 2 heterocycles. The minimum atomic E-state index is 0.450. The molecule has 0 spiro atoms. The van der Waals surface area contributed by atoms with Crippen LogP contribution in [0.2, 0.25) is 0 Å². The minimum Gasteiger partial charge on any atom is -0.488 e. The van der Waals surface area contributed by atoms with Crippen LogP contribution in [0.1, 0.15) is 47.4 Å². The fourth-order valence-electron chi connectivity index (χ4n) is 4.23. The lowest BCUT2D eigenvalue weighted by Gasteiger charge is -2.17. The molecule has 0 amide bonds. The molecule has 0 aliphatic rings. The first kappa shape index (κ1) is 21.8. The van der Waals surface area contributed by atoms with Crippen molar-refractivity contribution in [2.45, 2.75) is 54.1 Å². The summed E-state index contributed by atoms with van der Waals surface area (Å²) in [5, 5.41) is 0. The predicted octanol–water partition coefficient (Wildman–Crippen LogP) is 7.03. The largest absolute Gasteiger partial charge is 0.488 e. The van der Waals surface area contributed by atoms with Crippen molar-refractivity contribution in [1.82, 2.24) is 9.97 Å². The van der Waals surface area contributed by atoms with Crippen molar-refractivity contribution >= 4 is 0 Å². The lowest BCUT2D eigenvalue weighted by molar-refractivity contribution is 0.304. The normalized spacial score (nSPS) is 11.0. The van der Waals surface area contributed by atoms with Gasteiger partial charge in [-0.15, -0.1) is 0 Å². The molecular formula is C28H30N2O2. The third-order valence-electron chi connectivity index (χ3n) is 6.02. The maximum absolute atomic E-state index is 6.30. The summed E-state index contributed by atoms with van der Waals surface area (Å²) in [6.45, 7) is 11.1. The molecule has 0 aliphatic carbocycles. The summed E-state index contributed by atoms with van der Waals surface area (Å²) in [4.78, 5) is 9.06. The summed E-state index contributed by atoms with van der Waals surface area (Å²) >= 11 is 0. The quantitative estimate of drug-likeness (QED) is 0.318. The van der Waals surface area contributed by atoms with E-state index in [1.165, 1.54) is 28.6 Å². The van der Waals surface area contributed by atoms with Gasteiger partial charge in [0, 0.05) is 16.8 Å². The molecule has 4 heteroatoms.